The van der Waals surface area contributed by atoms with E-state index in [9.17, 15) is 18.0 Å². The largest absolute Gasteiger partial charge is 0.352 e. The normalized spacial score (nSPS) is 12.8. The molecule has 2 atom stereocenters. The van der Waals surface area contributed by atoms with Crippen LogP contribution in [0, 0.1) is 6.92 Å². The van der Waals surface area contributed by atoms with E-state index in [0.29, 0.717) is 22.0 Å². The Hall–Kier alpha value is -3.07. The number of sulfonamides is 1. The van der Waals surface area contributed by atoms with Crippen LogP contribution in [0.5, 0.6) is 0 Å². The fourth-order valence-corrected chi connectivity index (χ4v) is 5.41. The standard InChI is InChI=1S/C30H35Cl2N3O4S/c1-5-22(3)33-30(37)28(17-23-10-7-6-8-11-23)34(19-24-12-9-13-25(31)16-24)29(36)20-35(40(4,38)39)26-15-14-21(2)27(32)18-26/h6-16,18,22,28H,5,17,19-20H2,1-4H3,(H,33,37)/t22-,28+/m0/s1. The highest BCUT2D eigenvalue weighted by molar-refractivity contribution is 7.92. The first kappa shape index (κ1) is 31.5. The van der Waals surface area contributed by atoms with E-state index in [1.54, 1.807) is 37.3 Å². The van der Waals surface area contributed by atoms with Crippen LogP contribution in [0.3, 0.4) is 0 Å². The molecule has 0 saturated heterocycles. The number of nitrogens with zero attached hydrogens (tertiary/aromatic N) is 2. The van der Waals surface area contributed by atoms with E-state index in [2.05, 4.69) is 5.32 Å². The van der Waals surface area contributed by atoms with Crippen LogP contribution in [0.25, 0.3) is 0 Å². The molecule has 3 rings (SSSR count). The molecule has 10 heteroatoms. The average Bonchev–Trinajstić information content (AvgIpc) is 2.90. The van der Waals surface area contributed by atoms with Crippen LogP contribution >= 0.6 is 23.2 Å². The predicted octanol–water partition coefficient (Wildman–Crippen LogP) is 5.62. The van der Waals surface area contributed by atoms with Gasteiger partial charge in [0.1, 0.15) is 12.6 Å². The van der Waals surface area contributed by atoms with Crippen LogP contribution in [0.2, 0.25) is 10.0 Å². The fraction of sp³-hybridized carbons (Fsp3) is 0.333. The number of rotatable bonds is 12. The van der Waals surface area contributed by atoms with E-state index in [1.165, 1.54) is 11.0 Å². The van der Waals surface area contributed by atoms with Crippen molar-refractivity contribution in [1.82, 2.24) is 10.2 Å². The molecule has 0 bridgehead atoms. The summed E-state index contributed by atoms with van der Waals surface area (Å²) in [6, 6.07) is 20.2. The second-order valence-corrected chi connectivity index (χ2v) is 12.6. The smallest absolute Gasteiger partial charge is 0.244 e. The van der Waals surface area contributed by atoms with Gasteiger partial charge in [-0.2, -0.15) is 0 Å². The number of carbonyl (C=O) groups is 2. The summed E-state index contributed by atoms with van der Waals surface area (Å²) in [7, 11) is -3.88. The number of benzene rings is 3. The molecule has 0 aliphatic heterocycles. The lowest BCUT2D eigenvalue weighted by molar-refractivity contribution is -0.140. The minimum Gasteiger partial charge on any atom is -0.352 e. The Kier molecular flexibility index (Phi) is 11.0. The monoisotopic (exact) mass is 603 g/mol. The van der Waals surface area contributed by atoms with Crippen LogP contribution in [-0.2, 0) is 32.6 Å². The van der Waals surface area contributed by atoms with Gasteiger partial charge in [0.15, 0.2) is 0 Å². The van der Waals surface area contributed by atoms with Gasteiger partial charge in [0.2, 0.25) is 21.8 Å². The second-order valence-electron chi connectivity index (χ2n) is 9.88. The maximum Gasteiger partial charge on any atom is 0.244 e. The molecule has 0 aromatic heterocycles. The molecule has 0 spiro atoms. The van der Waals surface area contributed by atoms with Gasteiger partial charge in [-0.05, 0) is 61.2 Å². The first-order valence-electron chi connectivity index (χ1n) is 13.0. The predicted molar refractivity (Wildman–Crippen MR) is 162 cm³/mol. The molecule has 1 N–H and O–H groups in total. The molecule has 0 aliphatic rings. The summed E-state index contributed by atoms with van der Waals surface area (Å²) >= 11 is 12.5. The highest BCUT2D eigenvalue weighted by Crippen LogP contribution is 2.26. The van der Waals surface area contributed by atoms with Crippen LogP contribution in [0.15, 0.2) is 72.8 Å². The van der Waals surface area contributed by atoms with Gasteiger partial charge in [0, 0.05) is 29.1 Å². The lowest BCUT2D eigenvalue weighted by Gasteiger charge is -2.34. The Labute approximate surface area is 247 Å². The minimum absolute atomic E-state index is 0.0527. The third-order valence-electron chi connectivity index (χ3n) is 6.64. The van der Waals surface area contributed by atoms with E-state index in [4.69, 9.17) is 23.2 Å². The molecule has 0 fully saturated rings. The molecule has 0 aliphatic carbocycles. The lowest BCUT2D eigenvalue weighted by atomic mass is 10.0. The van der Waals surface area contributed by atoms with E-state index in [0.717, 1.165) is 21.7 Å². The molecule has 0 heterocycles. The van der Waals surface area contributed by atoms with Crippen molar-refractivity contribution in [2.45, 2.75) is 52.2 Å². The third kappa shape index (κ3) is 8.71. The van der Waals surface area contributed by atoms with Crippen molar-refractivity contribution >= 4 is 50.7 Å². The van der Waals surface area contributed by atoms with Gasteiger partial charge in [-0.3, -0.25) is 13.9 Å². The fourth-order valence-electron chi connectivity index (χ4n) is 4.18. The van der Waals surface area contributed by atoms with Crippen molar-refractivity contribution in [3.05, 3.63) is 99.5 Å². The van der Waals surface area contributed by atoms with Gasteiger partial charge in [-0.25, -0.2) is 8.42 Å². The highest BCUT2D eigenvalue weighted by Gasteiger charge is 2.33. The number of hydrogen-bond acceptors (Lipinski definition) is 4. The number of aryl methyl sites for hydroxylation is 1. The molecule has 3 aromatic carbocycles. The number of halogens is 2. The van der Waals surface area contributed by atoms with Gasteiger partial charge in [-0.15, -0.1) is 0 Å². The van der Waals surface area contributed by atoms with Crippen molar-refractivity contribution in [1.29, 1.82) is 0 Å². The van der Waals surface area contributed by atoms with Crippen LogP contribution in [0.4, 0.5) is 5.69 Å². The summed E-state index contributed by atoms with van der Waals surface area (Å²) in [5.74, 6) is -0.861. The first-order valence-corrected chi connectivity index (χ1v) is 15.6. The summed E-state index contributed by atoms with van der Waals surface area (Å²) < 4.78 is 26.8. The first-order chi connectivity index (χ1) is 18.9. The summed E-state index contributed by atoms with van der Waals surface area (Å²) in [4.78, 5) is 29.2. The molecule has 7 nitrogen and oxygen atoms in total. The van der Waals surface area contributed by atoms with Crippen LogP contribution in [-0.4, -0.2) is 50.0 Å². The quantitative estimate of drug-likeness (QED) is 0.291. The van der Waals surface area contributed by atoms with E-state index >= 15 is 0 Å². The minimum atomic E-state index is -3.88. The molecule has 3 aromatic rings. The maximum absolute atomic E-state index is 14.1. The van der Waals surface area contributed by atoms with E-state index < -0.39 is 28.5 Å². The van der Waals surface area contributed by atoms with Gasteiger partial charge in [0.05, 0.1) is 11.9 Å². The Morgan fingerprint density at radius 1 is 0.950 bits per heavy atom. The lowest BCUT2D eigenvalue weighted by Crippen LogP contribution is -2.54. The number of carbonyl (C=O) groups excluding carboxylic acids is 2. The number of hydrogen-bond donors (Lipinski definition) is 1. The third-order valence-corrected chi connectivity index (χ3v) is 8.42. The molecular weight excluding hydrogens is 569 g/mol. The summed E-state index contributed by atoms with van der Waals surface area (Å²) in [6.45, 7) is 5.20. The van der Waals surface area contributed by atoms with Crippen molar-refractivity contribution < 1.29 is 18.0 Å². The van der Waals surface area contributed by atoms with Crippen LogP contribution in [0.1, 0.15) is 37.0 Å². The zero-order valence-corrected chi connectivity index (χ0v) is 25.4. The van der Waals surface area contributed by atoms with Gasteiger partial charge < -0.3 is 10.2 Å². The molecule has 0 radical (unpaired) electrons. The Balaban J connectivity index is 2.07. The zero-order chi connectivity index (χ0) is 29.4. The number of amides is 2. The second kappa shape index (κ2) is 14.0. The Bertz CT molecular complexity index is 1430. The van der Waals surface area contributed by atoms with E-state index in [1.807, 2.05) is 50.2 Å². The van der Waals surface area contributed by atoms with Gasteiger partial charge >= 0.3 is 0 Å². The Morgan fingerprint density at radius 2 is 1.62 bits per heavy atom. The number of nitrogens with one attached hydrogen (secondary N) is 1. The van der Waals surface area contributed by atoms with Crippen LogP contribution < -0.4 is 9.62 Å². The van der Waals surface area contributed by atoms with Crippen molar-refractivity contribution in [2.24, 2.45) is 0 Å². The molecule has 2 amide bonds. The van der Waals surface area contributed by atoms with Gasteiger partial charge in [0.25, 0.3) is 0 Å². The molecular formula is C30H35Cl2N3O4S. The van der Waals surface area contributed by atoms with E-state index in [-0.39, 0.29) is 30.6 Å². The molecule has 40 heavy (non-hydrogen) atoms. The SMILES string of the molecule is CC[C@H](C)NC(=O)[C@@H](Cc1ccccc1)N(Cc1cccc(Cl)c1)C(=O)CN(c1ccc(C)c(Cl)c1)S(C)(=O)=O. The van der Waals surface area contributed by atoms with Crippen molar-refractivity contribution in [3.63, 3.8) is 0 Å². The van der Waals surface area contributed by atoms with Crippen molar-refractivity contribution in [3.8, 4) is 0 Å². The summed E-state index contributed by atoms with van der Waals surface area (Å²) in [5, 5.41) is 3.87. The summed E-state index contributed by atoms with van der Waals surface area (Å²) in [5.41, 5.74) is 2.61. The maximum atomic E-state index is 14.1. The topological polar surface area (TPSA) is 86.8 Å². The molecule has 214 valence electrons. The van der Waals surface area contributed by atoms with Gasteiger partial charge in [-0.1, -0.05) is 78.7 Å². The average molecular weight is 605 g/mol. The Morgan fingerprint density at radius 3 is 2.23 bits per heavy atom. The highest BCUT2D eigenvalue weighted by atomic mass is 35.5. The molecule has 0 saturated carbocycles. The summed E-state index contributed by atoms with van der Waals surface area (Å²) in [6.07, 6.45) is 1.99. The number of anilines is 1. The zero-order valence-electron chi connectivity index (χ0n) is 23.1. The molecule has 0 unspecified atom stereocenters. The van der Waals surface area contributed by atoms with Crippen molar-refractivity contribution in [2.75, 3.05) is 17.1 Å².